The summed E-state index contributed by atoms with van der Waals surface area (Å²) in [6.45, 7) is 0. The van der Waals surface area contributed by atoms with Gasteiger partial charge in [0.25, 0.3) is 0 Å². The predicted octanol–water partition coefficient (Wildman–Crippen LogP) is 1.58. The van der Waals surface area contributed by atoms with Gasteiger partial charge in [0.1, 0.15) is 0 Å². The lowest BCUT2D eigenvalue weighted by Gasteiger charge is -2.17. The van der Waals surface area contributed by atoms with Crippen LogP contribution in [-0.2, 0) is 11.2 Å². The minimum absolute atomic E-state index is 0. The largest absolute Gasteiger partial charge is 0.398 e. The number of nitrogen functional groups attached to an aromatic ring is 1. The van der Waals surface area contributed by atoms with Gasteiger partial charge in [-0.15, -0.1) is 12.4 Å². The maximum absolute atomic E-state index is 11.0. The van der Waals surface area contributed by atoms with Gasteiger partial charge in [-0.05, 0) is 24.1 Å². The van der Waals surface area contributed by atoms with E-state index in [1.807, 2.05) is 18.2 Å². The van der Waals surface area contributed by atoms with Gasteiger partial charge in [0, 0.05) is 17.8 Å². The van der Waals surface area contributed by atoms with E-state index < -0.39 is 0 Å². The van der Waals surface area contributed by atoms with E-state index in [2.05, 4.69) is 5.32 Å². The van der Waals surface area contributed by atoms with Crippen molar-refractivity contribution in [3.63, 3.8) is 0 Å². The Morgan fingerprint density at radius 3 is 2.85 bits per heavy atom. The molecule has 70 valence electrons. The Morgan fingerprint density at radius 1 is 1.31 bits per heavy atom. The molecule has 0 radical (unpaired) electrons. The van der Waals surface area contributed by atoms with Gasteiger partial charge in [-0.3, -0.25) is 4.79 Å². The molecule has 3 nitrogen and oxygen atoms in total. The SMILES string of the molecule is Cl.Nc1cccc2c1CCC(=O)N2. The molecule has 13 heavy (non-hydrogen) atoms. The van der Waals surface area contributed by atoms with Gasteiger partial charge in [0.05, 0.1) is 0 Å². The Balaban J connectivity index is 0.000000845. The Hall–Kier alpha value is -1.22. The van der Waals surface area contributed by atoms with Crippen molar-refractivity contribution < 1.29 is 4.79 Å². The molecule has 0 fully saturated rings. The fraction of sp³-hybridized carbons (Fsp3) is 0.222. The van der Waals surface area contributed by atoms with Gasteiger partial charge in [-0.2, -0.15) is 0 Å². The Labute approximate surface area is 82.7 Å². The van der Waals surface area contributed by atoms with Crippen LogP contribution in [0, 0.1) is 0 Å². The second-order valence-corrected chi connectivity index (χ2v) is 2.92. The number of carbonyl (C=O) groups is 1. The zero-order valence-electron chi connectivity index (χ0n) is 7.04. The maximum Gasteiger partial charge on any atom is 0.224 e. The van der Waals surface area contributed by atoms with E-state index in [4.69, 9.17) is 5.73 Å². The summed E-state index contributed by atoms with van der Waals surface area (Å²) in [4.78, 5) is 11.0. The number of halogens is 1. The molecular weight excluding hydrogens is 188 g/mol. The van der Waals surface area contributed by atoms with Gasteiger partial charge >= 0.3 is 0 Å². The monoisotopic (exact) mass is 198 g/mol. The van der Waals surface area contributed by atoms with Crippen molar-refractivity contribution >= 4 is 29.7 Å². The summed E-state index contributed by atoms with van der Waals surface area (Å²) in [5.74, 6) is 0.0769. The van der Waals surface area contributed by atoms with E-state index in [0.717, 1.165) is 23.4 Å². The molecule has 1 amide bonds. The smallest absolute Gasteiger partial charge is 0.224 e. The molecule has 0 saturated carbocycles. The molecule has 1 heterocycles. The first-order valence-corrected chi connectivity index (χ1v) is 3.94. The van der Waals surface area contributed by atoms with E-state index in [-0.39, 0.29) is 18.3 Å². The van der Waals surface area contributed by atoms with E-state index in [1.165, 1.54) is 0 Å². The molecule has 0 aliphatic carbocycles. The van der Waals surface area contributed by atoms with Crippen LogP contribution in [0.2, 0.25) is 0 Å². The third kappa shape index (κ3) is 1.75. The fourth-order valence-corrected chi connectivity index (χ4v) is 1.45. The van der Waals surface area contributed by atoms with Gasteiger partial charge in [0.2, 0.25) is 5.91 Å². The first kappa shape index (κ1) is 9.86. The molecule has 0 saturated heterocycles. The van der Waals surface area contributed by atoms with Gasteiger partial charge in [-0.25, -0.2) is 0 Å². The number of nitrogens with two attached hydrogens (primary N) is 1. The second-order valence-electron chi connectivity index (χ2n) is 2.92. The highest BCUT2D eigenvalue weighted by Gasteiger charge is 2.15. The van der Waals surface area contributed by atoms with E-state index in [0.29, 0.717) is 6.42 Å². The molecular formula is C9H11ClN2O. The van der Waals surface area contributed by atoms with Gasteiger partial charge in [-0.1, -0.05) is 6.07 Å². The Bertz CT molecular complexity index is 338. The topological polar surface area (TPSA) is 55.1 Å². The third-order valence-electron chi connectivity index (χ3n) is 2.09. The molecule has 3 N–H and O–H groups in total. The molecule has 1 aromatic carbocycles. The number of nitrogens with one attached hydrogen (secondary N) is 1. The summed E-state index contributed by atoms with van der Waals surface area (Å²) < 4.78 is 0. The van der Waals surface area contributed by atoms with Crippen LogP contribution < -0.4 is 11.1 Å². The lowest BCUT2D eigenvalue weighted by Crippen LogP contribution is -2.19. The first-order chi connectivity index (χ1) is 5.77. The quantitative estimate of drug-likeness (QED) is 0.622. The number of rotatable bonds is 0. The number of anilines is 2. The molecule has 0 atom stereocenters. The highest BCUT2D eigenvalue weighted by molar-refractivity contribution is 5.95. The van der Waals surface area contributed by atoms with Crippen LogP contribution in [0.15, 0.2) is 18.2 Å². The van der Waals surface area contributed by atoms with Crippen LogP contribution in [0.25, 0.3) is 0 Å². The standard InChI is InChI=1S/C9H10N2O.ClH/c10-7-2-1-3-8-6(7)4-5-9(12)11-8;/h1-3H,4-5,10H2,(H,11,12);1H. The van der Waals surface area contributed by atoms with Crippen molar-refractivity contribution in [3.8, 4) is 0 Å². The van der Waals surface area contributed by atoms with Gasteiger partial charge in [0.15, 0.2) is 0 Å². The minimum atomic E-state index is 0. The molecule has 0 aromatic heterocycles. The van der Waals surface area contributed by atoms with Crippen molar-refractivity contribution in [1.82, 2.24) is 0 Å². The average Bonchev–Trinajstić information content (AvgIpc) is 2.04. The van der Waals surface area contributed by atoms with Crippen LogP contribution in [-0.4, -0.2) is 5.91 Å². The summed E-state index contributed by atoms with van der Waals surface area (Å²) in [5, 5.41) is 2.78. The summed E-state index contributed by atoms with van der Waals surface area (Å²) in [7, 11) is 0. The van der Waals surface area contributed by atoms with Crippen molar-refractivity contribution in [3.05, 3.63) is 23.8 Å². The summed E-state index contributed by atoms with van der Waals surface area (Å²) >= 11 is 0. The van der Waals surface area contributed by atoms with Crippen molar-refractivity contribution in [2.24, 2.45) is 0 Å². The van der Waals surface area contributed by atoms with Crippen molar-refractivity contribution in [2.75, 3.05) is 11.1 Å². The average molecular weight is 199 g/mol. The van der Waals surface area contributed by atoms with E-state index in [1.54, 1.807) is 0 Å². The van der Waals surface area contributed by atoms with Gasteiger partial charge < -0.3 is 11.1 Å². The maximum atomic E-state index is 11.0. The third-order valence-corrected chi connectivity index (χ3v) is 2.09. The summed E-state index contributed by atoms with van der Waals surface area (Å²) in [6, 6.07) is 5.58. The van der Waals surface area contributed by atoms with Crippen molar-refractivity contribution in [1.29, 1.82) is 0 Å². The molecule has 0 spiro atoms. The normalized spacial score (nSPS) is 14.0. The zero-order chi connectivity index (χ0) is 8.55. The number of fused-ring (bicyclic) bond motifs is 1. The highest BCUT2D eigenvalue weighted by atomic mass is 35.5. The lowest BCUT2D eigenvalue weighted by molar-refractivity contribution is -0.116. The zero-order valence-corrected chi connectivity index (χ0v) is 7.86. The minimum Gasteiger partial charge on any atom is -0.398 e. The Morgan fingerprint density at radius 2 is 2.08 bits per heavy atom. The highest BCUT2D eigenvalue weighted by Crippen LogP contribution is 2.26. The van der Waals surface area contributed by atoms with Crippen LogP contribution >= 0.6 is 12.4 Å². The molecule has 4 heteroatoms. The van der Waals surface area contributed by atoms with Crippen LogP contribution in [0.3, 0.4) is 0 Å². The molecule has 1 aliphatic rings. The molecule has 0 bridgehead atoms. The predicted molar refractivity (Wildman–Crippen MR) is 55.1 cm³/mol. The lowest BCUT2D eigenvalue weighted by atomic mass is 10.0. The molecule has 1 aromatic rings. The number of benzene rings is 1. The van der Waals surface area contributed by atoms with Crippen LogP contribution in [0.1, 0.15) is 12.0 Å². The van der Waals surface area contributed by atoms with Crippen LogP contribution in [0.4, 0.5) is 11.4 Å². The van der Waals surface area contributed by atoms with Crippen molar-refractivity contribution in [2.45, 2.75) is 12.8 Å². The molecule has 0 unspecified atom stereocenters. The second kappa shape index (κ2) is 3.66. The first-order valence-electron chi connectivity index (χ1n) is 3.94. The summed E-state index contributed by atoms with van der Waals surface area (Å²) in [6.07, 6.45) is 1.30. The Kier molecular flexibility index (Phi) is 2.78. The van der Waals surface area contributed by atoms with E-state index >= 15 is 0 Å². The van der Waals surface area contributed by atoms with E-state index in [9.17, 15) is 4.79 Å². The molecule has 2 rings (SSSR count). The fourth-order valence-electron chi connectivity index (χ4n) is 1.45. The number of hydrogen-bond acceptors (Lipinski definition) is 2. The van der Waals surface area contributed by atoms with Crippen LogP contribution in [0.5, 0.6) is 0 Å². The number of hydrogen-bond donors (Lipinski definition) is 2. The molecule has 1 aliphatic heterocycles. The summed E-state index contributed by atoms with van der Waals surface area (Å²) in [5.41, 5.74) is 8.44. The number of carbonyl (C=O) groups excluding carboxylic acids is 1. The number of amides is 1.